The topological polar surface area (TPSA) is 87.2 Å². The van der Waals surface area contributed by atoms with Gasteiger partial charge in [-0.25, -0.2) is 13.6 Å². The highest BCUT2D eigenvalue weighted by Gasteiger charge is 2.13. The fourth-order valence-electron chi connectivity index (χ4n) is 1.99. The minimum atomic E-state index is -3.70. The maximum Gasteiger partial charge on any atom is 0.238 e. The molecule has 0 bridgehead atoms. The third kappa shape index (κ3) is 3.17. The van der Waals surface area contributed by atoms with E-state index in [0.717, 1.165) is 16.8 Å². The van der Waals surface area contributed by atoms with E-state index in [0.29, 0.717) is 12.4 Å². The molecule has 0 aliphatic carbocycles. The van der Waals surface area contributed by atoms with Crippen molar-refractivity contribution in [3.8, 4) is 5.75 Å². The zero-order chi connectivity index (χ0) is 14.9. The number of sulfonamides is 1. The highest BCUT2D eigenvalue weighted by atomic mass is 32.2. The molecule has 0 unspecified atom stereocenters. The van der Waals surface area contributed by atoms with E-state index in [1.165, 1.54) is 12.1 Å². The molecule has 0 aliphatic heterocycles. The van der Waals surface area contributed by atoms with Gasteiger partial charge in [0, 0.05) is 13.2 Å². The zero-order valence-corrected chi connectivity index (χ0v) is 12.4. The second-order valence-corrected chi connectivity index (χ2v) is 6.26. The number of nitrogens with two attached hydrogens (primary N) is 1. The Balaban J connectivity index is 2.25. The lowest BCUT2D eigenvalue weighted by Gasteiger charge is -2.12. The summed E-state index contributed by atoms with van der Waals surface area (Å²) in [6.07, 6.45) is 1.84. The average Bonchev–Trinajstić information content (AvgIpc) is 2.72. The summed E-state index contributed by atoms with van der Waals surface area (Å²) in [5.41, 5.74) is 2.26. The number of primary sulfonamides is 1. The summed E-state index contributed by atoms with van der Waals surface area (Å²) >= 11 is 0. The molecule has 0 amide bonds. The number of hydrogen-bond acceptors (Lipinski definition) is 4. The van der Waals surface area contributed by atoms with Crippen molar-refractivity contribution >= 4 is 10.0 Å². The van der Waals surface area contributed by atoms with Gasteiger partial charge in [0.2, 0.25) is 10.0 Å². The first kappa shape index (κ1) is 14.5. The maximum atomic E-state index is 11.4. The van der Waals surface area contributed by atoms with E-state index in [9.17, 15) is 8.42 Å². The van der Waals surface area contributed by atoms with E-state index < -0.39 is 10.0 Å². The molecule has 0 saturated heterocycles. The van der Waals surface area contributed by atoms with E-state index in [1.54, 1.807) is 18.5 Å². The molecule has 0 radical (unpaired) electrons. The van der Waals surface area contributed by atoms with Gasteiger partial charge in [-0.2, -0.15) is 5.10 Å². The molecule has 7 heteroatoms. The van der Waals surface area contributed by atoms with Gasteiger partial charge in [-0.3, -0.25) is 4.68 Å². The molecular formula is C13H17N3O3S. The van der Waals surface area contributed by atoms with E-state index in [1.807, 2.05) is 19.3 Å². The molecule has 2 N–H and O–H groups in total. The molecule has 2 rings (SSSR count). The van der Waals surface area contributed by atoms with Crippen LogP contribution >= 0.6 is 0 Å². The number of ether oxygens (including phenoxy) is 1. The Morgan fingerprint density at radius 1 is 1.30 bits per heavy atom. The van der Waals surface area contributed by atoms with E-state index in [4.69, 9.17) is 9.88 Å². The van der Waals surface area contributed by atoms with Gasteiger partial charge in [0.05, 0.1) is 10.6 Å². The Bertz CT molecular complexity index is 712. The maximum absolute atomic E-state index is 11.4. The SMILES string of the molecule is Cc1cc(S(N)(=O)=O)cc(C)c1OCc1ccn(C)n1. The smallest absolute Gasteiger partial charge is 0.238 e. The lowest BCUT2D eigenvalue weighted by atomic mass is 10.1. The number of rotatable bonds is 4. The minimum Gasteiger partial charge on any atom is -0.487 e. The largest absolute Gasteiger partial charge is 0.487 e. The van der Waals surface area contributed by atoms with Crippen LogP contribution in [0.1, 0.15) is 16.8 Å². The molecule has 1 aromatic heterocycles. The summed E-state index contributed by atoms with van der Waals surface area (Å²) in [5.74, 6) is 0.656. The van der Waals surface area contributed by atoms with Gasteiger partial charge >= 0.3 is 0 Å². The Morgan fingerprint density at radius 2 is 1.90 bits per heavy atom. The molecule has 0 atom stereocenters. The minimum absolute atomic E-state index is 0.0951. The highest BCUT2D eigenvalue weighted by molar-refractivity contribution is 7.89. The highest BCUT2D eigenvalue weighted by Crippen LogP contribution is 2.27. The summed E-state index contributed by atoms with van der Waals surface area (Å²) in [7, 11) is -1.87. The van der Waals surface area contributed by atoms with Crippen LogP contribution in [-0.4, -0.2) is 18.2 Å². The molecule has 6 nitrogen and oxygen atoms in total. The molecule has 1 heterocycles. The summed E-state index contributed by atoms with van der Waals surface area (Å²) in [6.45, 7) is 3.90. The van der Waals surface area contributed by atoms with Gasteiger partial charge in [0.1, 0.15) is 12.4 Å². The van der Waals surface area contributed by atoms with Gasteiger partial charge in [-0.15, -0.1) is 0 Å². The summed E-state index contributed by atoms with van der Waals surface area (Å²) in [4.78, 5) is 0.0951. The predicted molar refractivity (Wildman–Crippen MR) is 74.8 cm³/mol. The average molecular weight is 295 g/mol. The third-order valence-corrected chi connectivity index (χ3v) is 3.79. The monoisotopic (exact) mass is 295 g/mol. The van der Waals surface area contributed by atoms with Crippen molar-refractivity contribution in [3.63, 3.8) is 0 Å². The first-order chi connectivity index (χ1) is 9.27. The van der Waals surface area contributed by atoms with Crippen molar-refractivity contribution < 1.29 is 13.2 Å². The molecule has 0 saturated carbocycles. The lowest BCUT2D eigenvalue weighted by molar-refractivity contribution is 0.295. The molecule has 2 aromatic rings. The first-order valence-electron chi connectivity index (χ1n) is 6.03. The van der Waals surface area contributed by atoms with Crippen molar-refractivity contribution in [2.75, 3.05) is 0 Å². The number of aryl methyl sites for hydroxylation is 3. The molecule has 20 heavy (non-hydrogen) atoms. The Labute approximate surface area is 118 Å². The van der Waals surface area contributed by atoms with Gasteiger partial charge in [0.15, 0.2) is 0 Å². The van der Waals surface area contributed by atoms with Gasteiger partial charge in [-0.05, 0) is 43.2 Å². The molecular weight excluding hydrogens is 278 g/mol. The molecule has 108 valence electrons. The molecule has 1 aromatic carbocycles. The van der Waals surface area contributed by atoms with Gasteiger partial charge < -0.3 is 4.74 Å². The zero-order valence-electron chi connectivity index (χ0n) is 11.6. The van der Waals surface area contributed by atoms with Crippen molar-refractivity contribution in [2.24, 2.45) is 12.2 Å². The standard InChI is InChI=1S/C13H17N3O3S/c1-9-6-12(20(14,17)18)7-10(2)13(9)19-8-11-4-5-16(3)15-11/h4-7H,8H2,1-3H3,(H2,14,17,18). The van der Waals surface area contributed by atoms with Crippen molar-refractivity contribution in [3.05, 3.63) is 41.2 Å². The van der Waals surface area contributed by atoms with Crippen LogP contribution in [0.3, 0.4) is 0 Å². The summed E-state index contributed by atoms with van der Waals surface area (Å²) in [5, 5.41) is 9.35. The van der Waals surface area contributed by atoms with Crippen LogP contribution in [0, 0.1) is 13.8 Å². The van der Waals surface area contributed by atoms with Crippen LogP contribution in [0.5, 0.6) is 5.75 Å². The van der Waals surface area contributed by atoms with Crippen LogP contribution in [0.25, 0.3) is 0 Å². The van der Waals surface area contributed by atoms with Crippen molar-refractivity contribution in [1.29, 1.82) is 0 Å². The number of benzene rings is 1. The van der Waals surface area contributed by atoms with E-state index in [-0.39, 0.29) is 4.90 Å². The fourth-order valence-corrected chi connectivity index (χ4v) is 2.67. The van der Waals surface area contributed by atoms with Crippen molar-refractivity contribution in [1.82, 2.24) is 9.78 Å². The Hall–Kier alpha value is -1.86. The van der Waals surface area contributed by atoms with Crippen LogP contribution in [0.4, 0.5) is 0 Å². The third-order valence-electron chi connectivity index (χ3n) is 2.90. The number of aromatic nitrogens is 2. The van der Waals surface area contributed by atoms with Crippen LogP contribution in [0.15, 0.2) is 29.3 Å². The molecule has 0 aliphatic rings. The second kappa shape index (κ2) is 5.26. The normalized spacial score (nSPS) is 11.6. The van der Waals surface area contributed by atoms with Gasteiger partial charge in [-0.1, -0.05) is 0 Å². The Morgan fingerprint density at radius 3 is 2.35 bits per heavy atom. The number of hydrogen-bond donors (Lipinski definition) is 1. The fraction of sp³-hybridized carbons (Fsp3) is 0.308. The summed E-state index contributed by atoms with van der Waals surface area (Å²) in [6, 6.07) is 4.88. The second-order valence-electron chi connectivity index (χ2n) is 4.70. The molecule has 0 fully saturated rings. The van der Waals surface area contributed by atoms with Crippen LogP contribution < -0.4 is 9.88 Å². The van der Waals surface area contributed by atoms with Gasteiger partial charge in [0.25, 0.3) is 0 Å². The molecule has 0 spiro atoms. The lowest BCUT2D eigenvalue weighted by Crippen LogP contribution is -2.13. The number of nitrogens with zero attached hydrogens (tertiary/aromatic N) is 2. The van der Waals surface area contributed by atoms with Crippen LogP contribution in [-0.2, 0) is 23.7 Å². The predicted octanol–water partition coefficient (Wildman–Crippen LogP) is 1.26. The first-order valence-corrected chi connectivity index (χ1v) is 7.57. The van der Waals surface area contributed by atoms with E-state index >= 15 is 0 Å². The van der Waals surface area contributed by atoms with Crippen molar-refractivity contribution in [2.45, 2.75) is 25.3 Å². The Kier molecular flexibility index (Phi) is 3.82. The van der Waals surface area contributed by atoms with E-state index in [2.05, 4.69) is 5.10 Å². The quantitative estimate of drug-likeness (QED) is 0.920. The van der Waals surface area contributed by atoms with Crippen LogP contribution in [0.2, 0.25) is 0 Å². The summed E-state index contributed by atoms with van der Waals surface area (Å²) < 4.78 is 30.1.